The number of anilines is 2. The Labute approximate surface area is 72.5 Å². The van der Waals surface area contributed by atoms with E-state index in [-0.39, 0.29) is 6.04 Å². The van der Waals surface area contributed by atoms with Crippen molar-refractivity contribution < 1.29 is 0 Å². The van der Waals surface area contributed by atoms with Crippen LogP contribution >= 0.6 is 0 Å². The Hall–Kier alpha value is -1.22. The van der Waals surface area contributed by atoms with Crippen molar-refractivity contribution in [1.82, 2.24) is 0 Å². The molecule has 0 fully saturated rings. The van der Waals surface area contributed by atoms with E-state index in [4.69, 9.17) is 17.2 Å². The van der Waals surface area contributed by atoms with Gasteiger partial charge in [-0.2, -0.15) is 0 Å². The number of hydrogen-bond acceptors (Lipinski definition) is 3. The molecule has 0 saturated carbocycles. The highest BCUT2D eigenvalue weighted by Crippen LogP contribution is 2.16. The molecule has 0 bridgehead atoms. The largest absolute Gasteiger partial charge is 0.397 e. The van der Waals surface area contributed by atoms with Gasteiger partial charge in [0.1, 0.15) is 0 Å². The highest BCUT2D eigenvalue weighted by Gasteiger charge is 1.99. The number of rotatable bonds is 2. The minimum Gasteiger partial charge on any atom is -0.397 e. The highest BCUT2D eigenvalue weighted by molar-refractivity contribution is 5.63. The smallest absolute Gasteiger partial charge is 0.0550 e. The lowest BCUT2D eigenvalue weighted by Crippen LogP contribution is -2.17. The summed E-state index contributed by atoms with van der Waals surface area (Å²) in [5, 5.41) is 0. The summed E-state index contributed by atoms with van der Waals surface area (Å²) in [6.07, 6.45) is 0.838. The van der Waals surface area contributed by atoms with Crippen LogP contribution in [0.4, 0.5) is 11.4 Å². The number of hydrogen-bond donors (Lipinski definition) is 3. The lowest BCUT2D eigenvalue weighted by Gasteiger charge is -2.06. The van der Waals surface area contributed by atoms with E-state index < -0.39 is 0 Å². The fourth-order valence-electron chi connectivity index (χ4n) is 1.12. The van der Waals surface area contributed by atoms with Crippen molar-refractivity contribution in [2.75, 3.05) is 11.5 Å². The average Bonchev–Trinajstić information content (AvgIpc) is 1.96. The van der Waals surface area contributed by atoms with Crippen LogP contribution in [0.1, 0.15) is 12.5 Å². The van der Waals surface area contributed by atoms with Gasteiger partial charge in [0.05, 0.1) is 11.4 Å². The first-order chi connectivity index (χ1) is 5.59. The molecule has 0 heterocycles. The maximum atomic E-state index is 5.64. The lowest BCUT2D eigenvalue weighted by molar-refractivity contribution is 0.738. The van der Waals surface area contributed by atoms with E-state index in [0.717, 1.165) is 12.0 Å². The minimum atomic E-state index is 0.160. The van der Waals surface area contributed by atoms with E-state index >= 15 is 0 Å². The Morgan fingerprint density at radius 2 is 1.92 bits per heavy atom. The van der Waals surface area contributed by atoms with Gasteiger partial charge < -0.3 is 17.2 Å². The van der Waals surface area contributed by atoms with Gasteiger partial charge in [-0.15, -0.1) is 0 Å². The average molecular weight is 165 g/mol. The Morgan fingerprint density at radius 1 is 1.25 bits per heavy atom. The van der Waals surface area contributed by atoms with Crippen LogP contribution in [0, 0.1) is 0 Å². The minimum absolute atomic E-state index is 0.160. The van der Waals surface area contributed by atoms with Crippen LogP contribution in [-0.4, -0.2) is 6.04 Å². The number of nitrogens with two attached hydrogens (primary N) is 3. The molecule has 6 N–H and O–H groups in total. The van der Waals surface area contributed by atoms with Crippen molar-refractivity contribution in [3.63, 3.8) is 0 Å². The van der Waals surface area contributed by atoms with E-state index in [1.54, 1.807) is 0 Å². The predicted molar refractivity (Wildman–Crippen MR) is 52.6 cm³/mol. The molecule has 0 saturated heterocycles. The van der Waals surface area contributed by atoms with Gasteiger partial charge in [-0.05, 0) is 31.0 Å². The maximum Gasteiger partial charge on any atom is 0.0550 e. The third kappa shape index (κ3) is 2.13. The molecular formula is C9H15N3. The zero-order valence-corrected chi connectivity index (χ0v) is 7.25. The summed E-state index contributed by atoms with van der Waals surface area (Å²) < 4.78 is 0. The zero-order chi connectivity index (χ0) is 9.14. The van der Waals surface area contributed by atoms with Gasteiger partial charge >= 0.3 is 0 Å². The van der Waals surface area contributed by atoms with Gasteiger partial charge in [-0.25, -0.2) is 0 Å². The Balaban J connectivity index is 2.82. The molecule has 0 aliphatic carbocycles. The van der Waals surface area contributed by atoms with E-state index in [9.17, 15) is 0 Å². The Kier molecular flexibility index (Phi) is 2.55. The van der Waals surface area contributed by atoms with Crippen LogP contribution in [0.3, 0.4) is 0 Å². The van der Waals surface area contributed by atoms with Crippen LogP contribution in [0.5, 0.6) is 0 Å². The first-order valence-electron chi connectivity index (χ1n) is 3.99. The second-order valence-corrected chi connectivity index (χ2v) is 3.14. The topological polar surface area (TPSA) is 78.1 Å². The summed E-state index contributed by atoms with van der Waals surface area (Å²) in [6, 6.07) is 5.80. The van der Waals surface area contributed by atoms with Crippen LogP contribution in [0.2, 0.25) is 0 Å². The van der Waals surface area contributed by atoms with Gasteiger partial charge in [0.25, 0.3) is 0 Å². The van der Waals surface area contributed by atoms with Crippen molar-refractivity contribution in [1.29, 1.82) is 0 Å². The molecule has 1 atom stereocenters. The summed E-state index contributed by atoms with van der Waals surface area (Å²) in [6.45, 7) is 1.96. The quantitative estimate of drug-likeness (QED) is 0.565. The van der Waals surface area contributed by atoms with Gasteiger partial charge in [-0.3, -0.25) is 0 Å². The van der Waals surface area contributed by atoms with Crippen molar-refractivity contribution >= 4 is 11.4 Å². The van der Waals surface area contributed by atoms with Crippen molar-refractivity contribution in [3.8, 4) is 0 Å². The van der Waals surface area contributed by atoms with Crippen molar-refractivity contribution in [3.05, 3.63) is 23.8 Å². The predicted octanol–water partition coefficient (Wildman–Crippen LogP) is 0.741. The second kappa shape index (κ2) is 3.45. The summed E-state index contributed by atoms with van der Waals surface area (Å²) in [4.78, 5) is 0. The summed E-state index contributed by atoms with van der Waals surface area (Å²) in [7, 11) is 0. The zero-order valence-electron chi connectivity index (χ0n) is 7.25. The van der Waals surface area contributed by atoms with Crippen LogP contribution in [-0.2, 0) is 6.42 Å². The van der Waals surface area contributed by atoms with Crippen molar-refractivity contribution in [2.24, 2.45) is 5.73 Å². The molecule has 0 aliphatic heterocycles. The SMILES string of the molecule is CC(N)Cc1ccc(N)c(N)c1. The third-order valence-corrected chi connectivity index (χ3v) is 1.71. The highest BCUT2D eigenvalue weighted by atomic mass is 14.7. The molecule has 3 nitrogen and oxygen atoms in total. The Bertz CT molecular complexity index is 268. The first kappa shape index (κ1) is 8.87. The van der Waals surface area contributed by atoms with Crippen LogP contribution in [0.15, 0.2) is 18.2 Å². The molecule has 3 heteroatoms. The van der Waals surface area contributed by atoms with E-state index in [1.165, 1.54) is 0 Å². The summed E-state index contributed by atoms with van der Waals surface area (Å²) in [5.74, 6) is 0. The fraction of sp³-hybridized carbons (Fsp3) is 0.333. The van der Waals surface area contributed by atoms with Crippen molar-refractivity contribution in [2.45, 2.75) is 19.4 Å². The van der Waals surface area contributed by atoms with E-state index in [0.29, 0.717) is 11.4 Å². The first-order valence-corrected chi connectivity index (χ1v) is 3.99. The molecule has 0 radical (unpaired) electrons. The molecule has 1 unspecified atom stereocenters. The molecule has 12 heavy (non-hydrogen) atoms. The molecule has 1 rings (SSSR count). The fourth-order valence-corrected chi connectivity index (χ4v) is 1.12. The van der Waals surface area contributed by atoms with E-state index in [2.05, 4.69) is 0 Å². The molecular weight excluding hydrogens is 150 g/mol. The number of benzene rings is 1. The lowest BCUT2D eigenvalue weighted by atomic mass is 10.1. The molecule has 1 aromatic rings. The number of nitrogen functional groups attached to an aromatic ring is 2. The molecule has 0 aliphatic rings. The summed E-state index contributed by atoms with van der Waals surface area (Å²) in [5.41, 5.74) is 19.2. The molecule has 66 valence electrons. The molecule has 0 spiro atoms. The van der Waals surface area contributed by atoms with Gasteiger partial charge in [0.15, 0.2) is 0 Å². The molecule has 1 aromatic carbocycles. The molecule has 0 aromatic heterocycles. The second-order valence-electron chi connectivity index (χ2n) is 3.14. The van der Waals surface area contributed by atoms with Gasteiger partial charge in [0.2, 0.25) is 0 Å². The summed E-state index contributed by atoms with van der Waals surface area (Å²) >= 11 is 0. The normalized spacial score (nSPS) is 12.8. The van der Waals surface area contributed by atoms with Gasteiger partial charge in [-0.1, -0.05) is 6.07 Å². The Morgan fingerprint density at radius 3 is 2.42 bits per heavy atom. The molecule has 0 amide bonds. The maximum absolute atomic E-state index is 5.64. The van der Waals surface area contributed by atoms with E-state index in [1.807, 2.05) is 25.1 Å². The monoisotopic (exact) mass is 165 g/mol. The van der Waals surface area contributed by atoms with Crippen LogP contribution < -0.4 is 17.2 Å². The van der Waals surface area contributed by atoms with Gasteiger partial charge in [0, 0.05) is 6.04 Å². The van der Waals surface area contributed by atoms with Crippen LogP contribution in [0.25, 0.3) is 0 Å². The standard InChI is InChI=1S/C9H15N3/c1-6(10)4-7-2-3-8(11)9(12)5-7/h2-3,5-6H,4,10-12H2,1H3. The third-order valence-electron chi connectivity index (χ3n) is 1.71.